The Bertz CT molecular complexity index is 798. The van der Waals surface area contributed by atoms with Crippen molar-refractivity contribution in [3.8, 4) is 5.75 Å². The van der Waals surface area contributed by atoms with Crippen molar-refractivity contribution in [2.24, 2.45) is 0 Å². The van der Waals surface area contributed by atoms with Gasteiger partial charge in [-0.3, -0.25) is 4.79 Å². The van der Waals surface area contributed by atoms with Gasteiger partial charge in [-0.05, 0) is 43.7 Å². The van der Waals surface area contributed by atoms with E-state index in [0.717, 1.165) is 24.0 Å². The van der Waals surface area contributed by atoms with E-state index < -0.39 is 6.10 Å². The van der Waals surface area contributed by atoms with Gasteiger partial charge in [-0.1, -0.05) is 18.2 Å². The number of carbonyl (C=O) groups is 1. The van der Waals surface area contributed by atoms with Gasteiger partial charge < -0.3 is 14.6 Å². The summed E-state index contributed by atoms with van der Waals surface area (Å²) in [5.74, 6) is 0.597. The Balaban J connectivity index is 1.43. The lowest BCUT2D eigenvalue weighted by atomic mass is 10.3. The summed E-state index contributed by atoms with van der Waals surface area (Å²) in [5, 5.41) is 4.05. The zero-order valence-electron chi connectivity index (χ0n) is 13.7. The number of aryl methyl sites for hydroxylation is 1. The van der Waals surface area contributed by atoms with E-state index in [-0.39, 0.29) is 5.91 Å². The number of carbonyl (C=O) groups excluding carboxylic acids is 1. The second kappa shape index (κ2) is 7.64. The Morgan fingerprint density at radius 2 is 2.04 bits per heavy atom. The van der Waals surface area contributed by atoms with Crippen molar-refractivity contribution in [1.29, 1.82) is 0 Å². The molecule has 3 rings (SSSR count). The average Bonchev–Trinajstić information content (AvgIpc) is 3.02. The molecule has 1 aromatic carbocycles. The average molecular weight is 323 g/mol. The largest absolute Gasteiger partial charge is 0.481 e. The van der Waals surface area contributed by atoms with Crippen molar-refractivity contribution in [2.45, 2.75) is 26.0 Å². The molecule has 5 heteroatoms. The highest BCUT2D eigenvalue weighted by Crippen LogP contribution is 2.13. The molecule has 0 radical (unpaired) electrons. The van der Waals surface area contributed by atoms with E-state index in [2.05, 4.69) is 20.9 Å². The van der Waals surface area contributed by atoms with E-state index in [4.69, 9.17) is 4.74 Å². The molecule has 5 nitrogen and oxygen atoms in total. The first-order chi connectivity index (χ1) is 11.7. The number of hydrogen-bond donors (Lipinski definition) is 1. The number of rotatable bonds is 7. The van der Waals surface area contributed by atoms with Crippen LogP contribution in [0.15, 0.2) is 60.9 Å². The fourth-order valence-electron chi connectivity index (χ4n) is 2.56. The zero-order valence-corrected chi connectivity index (χ0v) is 13.7. The van der Waals surface area contributed by atoms with Crippen molar-refractivity contribution in [1.82, 2.24) is 14.9 Å². The van der Waals surface area contributed by atoms with E-state index in [1.807, 2.05) is 48.7 Å². The molecule has 1 atom stereocenters. The molecule has 0 unspecified atom stereocenters. The molecule has 2 heterocycles. The number of benzene rings is 1. The highest BCUT2D eigenvalue weighted by Gasteiger charge is 2.13. The van der Waals surface area contributed by atoms with Crippen LogP contribution >= 0.6 is 0 Å². The number of hydrogen-bond acceptors (Lipinski definition) is 3. The number of pyridine rings is 1. The predicted molar refractivity (Wildman–Crippen MR) is 93.9 cm³/mol. The van der Waals surface area contributed by atoms with Gasteiger partial charge in [-0.25, -0.2) is 4.98 Å². The van der Waals surface area contributed by atoms with Crippen LogP contribution in [-0.2, 0) is 11.3 Å². The van der Waals surface area contributed by atoms with E-state index in [1.165, 1.54) is 0 Å². The molecule has 0 saturated heterocycles. The first kappa shape index (κ1) is 16.1. The molecule has 1 amide bonds. The molecule has 0 aliphatic heterocycles. The third-order valence-corrected chi connectivity index (χ3v) is 3.82. The molecule has 24 heavy (non-hydrogen) atoms. The SMILES string of the molecule is C[C@@H](Oc1ccccc1)C(=O)NCCCn1ccc2cccnc21. The highest BCUT2D eigenvalue weighted by molar-refractivity contribution is 5.80. The van der Waals surface area contributed by atoms with Crippen LogP contribution in [0, 0.1) is 0 Å². The maximum absolute atomic E-state index is 12.1. The molecule has 1 N–H and O–H groups in total. The van der Waals surface area contributed by atoms with E-state index in [9.17, 15) is 4.79 Å². The summed E-state index contributed by atoms with van der Waals surface area (Å²) < 4.78 is 7.71. The summed E-state index contributed by atoms with van der Waals surface area (Å²) in [7, 11) is 0. The Kier molecular flexibility index (Phi) is 5.11. The van der Waals surface area contributed by atoms with Gasteiger partial charge in [0.25, 0.3) is 5.91 Å². The van der Waals surface area contributed by atoms with Gasteiger partial charge in [-0.2, -0.15) is 0 Å². The molecule has 2 aromatic heterocycles. The van der Waals surface area contributed by atoms with Gasteiger partial charge in [0.1, 0.15) is 11.4 Å². The van der Waals surface area contributed by atoms with Crippen molar-refractivity contribution in [3.63, 3.8) is 0 Å². The van der Waals surface area contributed by atoms with Crippen LogP contribution in [0.2, 0.25) is 0 Å². The number of amides is 1. The number of para-hydroxylation sites is 1. The maximum atomic E-state index is 12.1. The minimum atomic E-state index is -0.513. The summed E-state index contributed by atoms with van der Waals surface area (Å²) in [5.41, 5.74) is 0.976. The van der Waals surface area contributed by atoms with Gasteiger partial charge in [0.05, 0.1) is 0 Å². The number of fused-ring (bicyclic) bond motifs is 1. The Morgan fingerprint density at radius 1 is 1.21 bits per heavy atom. The second-order valence-electron chi connectivity index (χ2n) is 5.64. The summed E-state index contributed by atoms with van der Waals surface area (Å²) >= 11 is 0. The highest BCUT2D eigenvalue weighted by atomic mass is 16.5. The first-order valence-electron chi connectivity index (χ1n) is 8.13. The van der Waals surface area contributed by atoms with Crippen LogP contribution in [0.3, 0.4) is 0 Å². The van der Waals surface area contributed by atoms with Crippen LogP contribution < -0.4 is 10.1 Å². The predicted octanol–water partition coefficient (Wildman–Crippen LogP) is 3.01. The first-order valence-corrected chi connectivity index (χ1v) is 8.13. The van der Waals surface area contributed by atoms with Crippen LogP contribution in [0.4, 0.5) is 0 Å². The van der Waals surface area contributed by atoms with Gasteiger partial charge >= 0.3 is 0 Å². The molecular formula is C19H21N3O2. The fourth-order valence-corrected chi connectivity index (χ4v) is 2.56. The molecule has 0 aliphatic rings. The maximum Gasteiger partial charge on any atom is 0.260 e. The summed E-state index contributed by atoms with van der Waals surface area (Å²) in [6.07, 6.45) is 4.15. The Hall–Kier alpha value is -2.82. The molecule has 0 bridgehead atoms. The smallest absolute Gasteiger partial charge is 0.260 e. The number of ether oxygens (including phenoxy) is 1. The second-order valence-corrected chi connectivity index (χ2v) is 5.64. The lowest BCUT2D eigenvalue weighted by molar-refractivity contribution is -0.127. The third kappa shape index (κ3) is 3.93. The molecule has 0 aliphatic carbocycles. The topological polar surface area (TPSA) is 56.1 Å². The van der Waals surface area contributed by atoms with Crippen LogP contribution in [0.5, 0.6) is 5.75 Å². The van der Waals surface area contributed by atoms with Crippen molar-refractivity contribution in [2.75, 3.05) is 6.54 Å². The quantitative estimate of drug-likeness (QED) is 0.680. The zero-order chi connectivity index (χ0) is 16.8. The van der Waals surface area contributed by atoms with Crippen molar-refractivity contribution < 1.29 is 9.53 Å². The number of aromatic nitrogens is 2. The lowest BCUT2D eigenvalue weighted by Crippen LogP contribution is -2.37. The minimum Gasteiger partial charge on any atom is -0.481 e. The van der Waals surface area contributed by atoms with E-state index >= 15 is 0 Å². The van der Waals surface area contributed by atoms with Crippen LogP contribution in [-0.4, -0.2) is 28.1 Å². The number of nitrogens with zero attached hydrogens (tertiary/aromatic N) is 2. The molecule has 3 aromatic rings. The van der Waals surface area contributed by atoms with E-state index in [0.29, 0.717) is 12.3 Å². The van der Waals surface area contributed by atoms with E-state index in [1.54, 1.807) is 13.1 Å². The monoisotopic (exact) mass is 323 g/mol. The molecule has 0 spiro atoms. The van der Waals surface area contributed by atoms with Crippen LogP contribution in [0.25, 0.3) is 11.0 Å². The summed E-state index contributed by atoms with van der Waals surface area (Å²) in [6.45, 7) is 3.17. The Labute approximate surface area is 141 Å². The molecular weight excluding hydrogens is 302 g/mol. The molecule has 0 fully saturated rings. The molecule has 0 saturated carbocycles. The van der Waals surface area contributed by atoms with Gasteiger partial charge in [0.2, 0.25) is 0 Å². The normalized spacial score (nSPS) is 12.0. The van der Waals surface area contributed by atoms with Gasteiger partial charge in [0, 0.05) is 30.9 Å². The third-order valence-electron chi connectivity index (χ3n) is 3.82. The summed E-state index contributed by atoms with van der Waals surface area (Å²) in [4.78, 5) is 16.5. The van der Waals surface area contributed by atoms with Crippen molar-refractivity contribution in [3.05, 3.63) is 60.9 Å². The standard InChI is InChI=1S/C19H21N3O2/c1-15(24-17-8-3-2-4-9-17)19(23)21-12-6-13-22-14-10-16-7-5-11-20-18(16)22/h2-5,7-11,14-15H,6,12-13H2,1H3,(H,21,23)/t15-/m1/s1. The van der Waals surface area contributed by atoms with Gasteiger partial charge in [-0.15, -0.1) is 0 Å². The van der Waals surface area contributed by atoms with Crippen LogP contribution in [0.1, 0.15) is 13.3 Å². The summed E-state index contributed by atoms with van der Waals surface area (Å²) in [6, 6.07) is 15.4. The van der Waals surface area contributed by atoms with Gasteiger partial charge in [0.15, 0.2) is 6.10 Å². The number of nitrogens with one attached hydrogen (secondary N) is 1. The molecule has 124 valence electrons. The van der Waals surface area contributed by atoms with Crippen molar-refractivity contribution >= 4 is 16.9 Å². The fraction of sp³-hybridized carbons (Fsp3) is 0.263. The lowest BCUT2D eigenvalue weighted by Gasteiger charge is -2.14. The Morgan fingerprint density at radius 3 is 2.88 bits per heavy atom. The minimum absolute atomic E-state index is 0.102.